The Morgan fingerprint density at radius 2 is 2.05 bits per heavy atom. The zero-order valence-electron chi connectivity index (χ0n) is 10.1. The molecule has 0 bridgehead atoms. The van der Waals surface area contributed by atoms with E-state index in [1.54, 1.807) is 18.5 Å². The van der Waals surface area contributed by atoms with Gasteiger partial charge in [-0.15, -0.1) is 0 Å². The SMILES string of the molecule is O=C(O)NCCC(=O)Nc1ccc2cnccc2c1. The average molecular weight is 259 g/mol. The van der Waals surface area contributed by atoms with Gasteiger partial charge >= 0.3 is 6.09 Å². The lowest BCUT2D eigenvalue weighted by molar-refractivity contribution is -0.116. The Balaban J connectivity index is 1.97. The van der Waals surface area contributed by atoms with E-state index in [1.165, 1.54) is 0 Å². The van der Waals surface area contributed by atoms with Crippen molar-refractivity contribution in [2.75, 3.05) is 11.9 Å². The molecule has 3 N–H and O–H groups in total. The molecule has 1 aromatic heterocycles. The Morgan fingerprint density at radius 3 is 2.84 bits per heavy atom. The first kappa shape index (κ1) is 12.8. The molecule has 0 fully saturated rings. The van der Waals surface area contributed by atoms with Gasteiger partial charge in [-0.05, 0) is 23.6 Å². The molecule has 19 heavy (non-hydrogen) atoms. The van der Waals surface area contributed by atoms with Gasteiger partial charge in [-0.25, -0.2) is 4.79 Å². The van der Waals surface area contributed by atoms with Crippen molar-refractivity contribution in [1.82, 2.24) is 10.3 Å². The molecule has 0 unspecified atom stereocenters. The standard InChI is InChI=1S/C13H13N3O3/c17-12(4-6-15-13(18)19)16-11-2-1-10-8-14-5-3-9(10)7-11/h1-3,5,7-8,15H,4,6H2,(H,16,17)(H,18,19). The number of hydrogen-bond donors (Lipinski definition) is 3. The predicted octanol–water partition coefficient (Wildman–Crippen LogP) is 1.83. The summed E-state index contributed by atoms with van der Waals surface area (Å²) in [6.07, 6.45) is 2.40. The van der Waals surface area contributed by atoms with Crippen LogP contribution in [0.3, 0.4) is 0 Å². The first-order chi connectivity index (χ1) is 9.15. The number of benzene rings is 1. The summed E-state index contributed by atoms with van der Waals surface area (Å²) in [6, 6.07) is 7.36. The highest BCUT2D eigenvalue weighted by molar-refractivity contribution is 5.94. The van der Waals surface area contributed by atoms with Crippen LogP contribution < -0.4 is 10.6 Å². The molecule has 0 aliphatic carbocycles. The number of nitrogens with zero attached hydrogens (tertiary/aromatic N) is 1. The lowest BCUT2D eigenvalue weighted by Gasteiger charge is -2.06. The second-order valence-electron chi connectivity index (χ2n) is 3.97. The molecule has 0 spiro atoms. The van der Waals surface area contributed by atoms with E-state index in [9.17, 15) is 9.59 Å². The highest BCUT2D eigenvalue weighted by atomic mass is 16.4. The number of carbonyl (C=O) groups is 2. The van der Waals surface area contributed by atoms with Gasteiger partial charge in [-0.3, -0.25) is 9.78 Å². The Morgan fingerprint density at radius 1 is 1.21 bits per heavy atom. The van der Waals surface area contributed by atoms with Crippen LogP contribution in [0.1, 0.15) is 6.42 Å². The number of nitrogens with one attached hydrogen (secondary N) is 2. The molecule has 6 heteroatoms. The Bertz CT molecular complexity index is 613. The number of anilines is 1. The van der Waals surface area contributed by atoms with Crippen LogP contribution in [0.15, 0.2) is 36.7 Å². The molecule has 0 saturated heterocycles. The van der Waals surface area contributed by atoms with Gasteiger partial charge in [0, 0.05) is 36.4 Å². The minimum Gasteiger partial charge on any atom is -0.465 e. The number of aromatic nitrogens is 1. The normalized spacial score (nSPS) is 10.1. The molecule has 98 valence electrons. The van der Waals surface area contributed by atoms with Crippen LogP contribution in [0.5, 0.6) is 0 Å². The number of fused-ring (bicyclic) bond motifs is 1. The molecular formula is C13H13N3O3. The summed E-state index contributed by atoms with van der Waals surface area (Å²) in [6.45, 7) is 0.0959. The number of rotatable bonds is 4. The molecule has 6 nitrogen and oxygen atoms in total. The second kappa shape index (κ2) is 5.81. The lowest BCUT2D eigenvalue weighted by atomic mass is 10.1. The molecule has 0 aliphatic rings. The van der Waals surface area contributed by atoms with Crippen LogP contribution in [0, 0.1) is 0 Å². The summed E-state index contributed by atoms with van der Waals surface area (Å²) in [7, 11) is 0. The predicted molar refractivity (Wildman–Crippen MR) is 71.0 cm³/mol. The van der Waals surface area contributed by atoms with Gasteiger partial charge in [0.05, 0.1) is 0 Å². The minimum absolute atomic E-state index is 0.0959. The third-order valence-corrected chi connectivity index (χ3v) is 2.55. The molecular weight excluding hydrogens is 246 g/mol. The van der Waals surface area contributed by atoms with Gasteiger partial charge in [0.2, 0.25) is 5.91 Å². The van der Waals surface area contributed by atoms with Gasteiger partial charge in [0.15, 0.2) is 0 Å². The van der Waals surface area contributed by atoms with Gasteiger partial charge < -0.3 is 15.7 Å². The fraction of sp³-hybridized carbons (Fsp3) is 0.154. The molecule has 1 aromatic carbocycles. The zero-order chi connectivity index (χ0) is 13.7. The first-order valence-corrected chi connectivity index (χ1v) is 5.75. The Labute approximate surface area is 109 Å². The fourth-order valence-corrected chi connectivity index (χ4v) is 1.67. The van der Waals surface area contributed by atoms with Gasteiger partial charge in [0.25, 0.3) is 0 Å². The third kappa shape index (κ3) is 3.67. The maximum Gasteiger partial charge on any atom is 0.404 e. The number of hydrogen-bond acceptors (Lipinski definition) is 3. The van der Waals surface area contributed by atoms with Crippen LogP contribution in [-0.4, -0.2) is 28.6 Å². The maximum absolute atomic E-state index is 11.6. The zero-order valence-corrected chi connectivity index (χ0v) is 10.1. The van der Waals surface area contributed by atoms with E-state index < -0.39 is 6.09 Å². The van der Waals surface area contributed by atoms with Crippen LogP contribution in [0.4, 0.5) is 10.5 Å². The van der Waals surface area contributed by atoms with E-state index in [-0.39, 0.29) is 18.9 Å². The second-order valence-corrected chi connectivity index (χ2v) is 3.97. The Kier molecular flexibility index (Phi) is 3.92. The summed E-state index contributed by atoms with van der Waals surface area (Å²) in [5.74, 6) is -0.234. The number of pyridine rings is 1. The Hall–Kier alpha value is -2.63. The molecule has 2 amide bonds. The van der Waals surface area contributed by atoms with E-state index in [0.717, 1.165) is 10.8 Å². The van der Waals surface area contributed by atoms with E-state index in [4.69, 9.17) is 5.11 Å². The summed E-state index contributed by atoms with van der Waals surface area (Å²) < 4.78 is 0. The molecule has 0 atom stereocenters. The summed E-state index contributed by atoms with van der Waals surface area (Å²) in [5.41, 5.74) is 0.680. The number of carbonyl (C=O) groups excluding carboxylic acids is 1. The van der Waals surface area contributed by atoms with E-state index in [2.05, 4.69) is 15.6 Å². The monoisotopic (exact) mass is 259 g/mol. The highest BCUT2D eigenvalue weighted by Gasteiger charge is 2.04. The maximum atomic E-state index is 11.6. The van der Waals surface area contributed by atoms with Crippen molar-refractivity contribution in [3.63, 3.8) is 0 Å². The minimum atomic E-state index is -1.13. The van der Waals surface area contributed by atoms with Crippen molar-refractivity contribution in [2.24, 2.45) is 0 Å². The van der Waals surface area contributed by atoms with Crippen molar-refractivity contribution < 1.29 is 14.7 Å². The van der Waals surface area contributed by atoms with Crippen molar-refractivity contribution >= 4 is 28.5 Å². The molecule has 2 rings (SSSR count). The van der Waals surface area contributed by atoms with Crippen molar-refractivity contribution in [3.8, 4) is 0 Å². The lowest BCUT2D eigenvalue weighted by Crippen LogP contribution is -2.25. The molecule has 0 aliphatic heterocycles. The first-order valence-electron chi connectivity index (χ1n) is 5.75. The van der Waals surface area contributed by atoms with Gasteiger partial charge in [-0.2, -0.15) is 0 Å². The van der Waals surface area contributed by atoms with Crippen molar-refractivity contribution in [3.05, 3.63) is 36.7 Å². The fourth-order valence-electron chi connectivity index (χ4n) is 1.67. The van der Waals surface area contributed by atoms with E-state index in [1.807, 2.05) is 18.2 Å². The van der Waals surface area contributed by atoms with Gasteiger partial charge in [-0.1, -0.05) is 6.07 Å². The van der Waals surface area contributed by atoms with Crippen molar-refractivity contribution in [2.45, 2.75) is 6.42 Å². The summed E-state index contributed by atoms with van der Waals surface area (Å²) >= 11 is 0. The largest absolute Gasteiger partial charge is 0.465 e. The highest BCUT2D eigenvalue weighted by Crippen LogP contribution is 2.17. The van der Waals surface area contributed by atoms with Gasteiger partial charge in [0.1, 0.15) is 0 Å². The number of amides is 2. The van der Waals surface area contributed by atoms with E-state index >= 15 is 0 Å². The smallest absolute Gasteiger partial charge is 0.404 e. The van der Waals surface area contributed by atoms with Crippen LogP contribution >= 0.6 is 0 Å². The van der Waals surface area contributed by atoms with Crippen LogP contribution in [-0.2, 0) is 4.79 Å². The molecule has 2 aromatic rings. The number of carboxylic acid groups (broad SMARTS) is 1. The average Bonchev–Trinajstić information content (AvgIpc) is 2.38. The quantitative estimate of drug-likeness (QED) is 0.781. The van der Waals surface area contributed by atoms with Crippen molar-refractivity contribution in [1.29, 1.82) is 0 Å². The molecule has 0 radical (unpaired) electrons. The van der Waals surface area contributed by atoms with Crippen LogP contribution in [0.25, 0.3) is 10.8 Å². The topological polar surface area (TPSA) is 91.3 Å². The molecule has 0 saturated carbocycles. The molecule has 1 heterocycles. The van der Waals surface area contributed by atoms with E-state index in [0.29, 0.717) is 5.69 Å². The third-order valence-electron chi connectivity index (χ3n) is 2.55. The summed E-state index contributed by atoms with van der Waals surface area (Å²) in [5, 5.41) is 15.2. The summed E-state index contributed by atoms with van der Waals surface area (Å²) in [4.78, 5) is 25.8. The van der Waals surface area contributed by atoms with Crippen LogP contribution in [0.2, 0.25) is 0 Å².